The molecule has 0 aliphatic carbocycles. The van der Waals surface area contributed by atoms with Crippen molar-refractivity contribution < 1.29 is 4.39 Å². The minimum Gasteiger partial charge on any atom is -0.366 e. The molecule has 0 radical (unpaired) electrons. The van der Waals surface area contributed by atoms with Gasteiger partial charge in [-0.3, -0.25) is 0 Å². The number of hydrogen-bond acceptors (Lipinski definition) is 4. The summed E-state index contributed by atoms with van der Waals surface area (Å²) < 4.78 is 14.6. The molecule has 0 atom stereocenters. The van der Waals surface area contributed by atoms with Crippen LogP contribution >= 0.6 is 0 Å². The molecule has 0 aliphatic rings. The molecular weight excluding hydrogens is 257 g/mol. The molecule has 0 bridgehead atoms. The van der Waals surface area contributed by atoms with Crippen LogP contribution in [0.5, 0.6) is 0 Å². The van der Waals surface area contributed by atoms with Crippen molar-refractivity contribution in [1.82, 2.24) is 19.7 Å². The normalized spacial score (nSPS) is 10.4. The predicted molar refractivity (Wildman–Crippen MR) is 72.9 cm³/mol. The molecular formula is C14H12FN5. The molecule has 3 aromatic rings. The Morgan fingerprint density at radius 2 is 2.10 bits per heavy atom. The van der Waals surface area contributed by atoms with E-state index < -0.39 is 5.95 Å². The molecule has 0 spiro atoms. The van der Waals surface area contributed by atoms with Gasteiger partial charge in [0.25, 0.3) is 0 Å². The molecule has 3 heterocycles. The zero-order valence-corrected chi connectivity index (χ0v) is 10.6. The van der Waals surface area contributed by atoms with Crippen molar-refractivity contribution in [3.63, 3.8) is 0 Å². The quantitative estimate of drug-likeness (QED) is 0.739. The van der Waals surface area contributed by atoms with Gasteiger partial charge < -0.3 is 5.32 Å². The fourth-order valence-electron chi connectivity index (χ4n) is 1.76. The third-order valence-corrected chi connectivity index (χ3v) is 2.74. The molecule has 0 saturated heterocycles. The van der Waals surface area contributed by atoms with Crippen molar-refractivity contribution in [3.8, 4) is 5.82 Å². The second-order valence-corrected chi connectivity index (χ2v) is 4.17. The molecule has 0 aromatic carbocycles. The van der Waals surface area contributed by atoms with Crippen LogP contribution in [-0.2, 0) is 6.54 Å². The smallest absolute Gasteiger partial charge is 0.214 e. The maximum atomic E-state index is 12.9. The number of pyridine rings is 2. The number of nitrogens with zero attached hydrogens (tertiary/aromatic N) is 4. The molecule has 6 heteroatoms. The van der Waals surface area contributed by atoms with Gasteiger partial charge >= 0.3 is 0 Å². The molecule has 1 N–H and O–H groups in total. The highest BCUT2D eigenvalue weighted by Gasteiger charge is 2.00. The molecule has 3 aromatic heterocycles. The Kier molecular flexibility index (Phi) is 3.36. The van der Waals surface area contributed by atoms with Gasteiger partial charge in [-0.25, -0.2) is 14.6 Å². The van der Waals surface area contributed by atoms with Crippen molar-refractivity contribution in [2.24, 2.45) is 0 Å². The molecule has 20 heavy (non-hydrogen) atoms. The first-order valence-electron chi connectivity index (χ1n) is 6.13. The zero-order valence-electron chi connectivity index (χ0n) is 10.6. The maximum Gasteiger partial charge on any atom is 0.214 e. The number of aromatic nitrogens is 4. The standard InChI is InChI=1S/C14H12FN5/c15-12-3-1-4-13(19-12)16-9-11-5-6-14(17-10-11)20-8-2-7-18-20/h1-8,10H,9H2,(H,16,19). The van der Waals surface area contributed by atoms with Gasteiger partial charge in [0.1, 0.15) is 5.82 Å². The number of rotatable bonds is 4. The highest BCUT2D eigenvalue weighted by Crippen LogP contribution is 2.08. The van der Waals surface area contributed by atoms with E-state index >= 15 is 0 Å². The third-order valence-electron chi connectivity index (χ3n) is 2.74. The lowest BCUT2D eigenvalue weighted by Gasteiger charge is -2.06. The van der Waals surface area contributed by atoms with Crippen molar-refractivity contribution in [3.05, 3.63) is 66.5 Å². The van der Waals surface area contributed by atoms with Gasteiger partial charge in [-0.05, 0) is 29.8 Å². The zero-order chi connectivity index (χ0) is 13.8. The van der Waals surface area contributed by atoms with Crippen LogP contribution in [0.4, 0.5) is 10.2 Å². The first-order chi connectivity index (χ1) is 9.81. The molecule has 0 unspecified atom stereocenters. The average molecular weight is 269 g/mol. The summed E-state index contributed by atoms with van der Waals surface area (Å²) in [5, 5.41) is 7.15. The number of anilines is 1. The van der Waals surface area contributed by atoms with Crippen LogP contribution in [0.1, 0.15) is 5.56 Å². The summed E-state index contributed by atoms with van der Waals surface area (Å²) in [6.07, 6.45) is 5.28. The Balaban J connectivity index is 1.67. The van der Waals surface area contributed by atoms with E-state index in [0.29, 0.717) is 12.4 Å². The molecule has 0 aliphatic heterocycles. The second-order valence-electron chi connectivity index (χ2n) is 4.17. The minimum atomic E-state index is -0.498. The molecule has 5 nitrogen and oxygen atoms in total. The van der Waals surface area contributed by atoms with Gasteiger partial charge in [0.05, 0.1) is 0 Å². The van der Waals surface area contributed by atoms with Crippen LogP contribution in [0.15, 0.2) is 55.0 Å². The highest BCUT2D eigenvalue weighted by atomic mass is 19.1. The SMILES string of the molecule is Fc1cccc(NCc2ccc(-n3cccn3)nc2)n1. The summed E-state index contributed by atoms with van der Waals surface area (Å²) in [6.45, 7) is 0.531. The number of hydrogen-bond donors (Lipinski definition) is 1. The van der Waals surface area contributed by atoms with Gasteiger partial charge in [0.2, 0.25) is 5.95 Å². The summed E-state index contributed by atoms with van der Waals surface area (Å²) >= 11 is 0. The summed E-state index contributed by atoms with van der Waals surface area (Å²) in [5.41, 5.74) is 0.979. The van der Waals surface area contributed by atoms with E-state index in [4.69, 9.17) is 0 Å². The summed E-state index contributed by atoms with van der Waals surface area (Å²) in [5.74, 6) is 0.755. The van der Waals surface area contributed by atoms with Crippen LogP contribution in [0, 0.1) is 5.95 Å². The van der Waals surface area contributed by atoms with E-state index in [0.717, 1.165) is 11.4 Å². The molecule has 0 fully saturated rings. The highest BCUT2D eigenvalue weighted by molar-refractivity contribution is 5.35. The fraction of sp³-hybridized carbons (Fsp3) is 0.0714. The fourth-order valence-corrected chi connectivity index (χ4v) is 1.76. The van der Waals surface area contributed by atoms with E-state index in [1.807, 2.05) is 24.4 Å². The van der Waals surface area contributed by atoms with E-state index in [9.17, 15) is 4.39 Å². The largest absolute Gasteiger partial charge is 0.366 e. The van der Waals surface area contributed by atoms with Crippen molar-refractivity contribution in [2.45, 2.75) is 6.54 Å². The minimum absolute atomic E-state index is 0.498. The molecule has 0 saturated carbocycles. The predicted octanol–water partition coefficient (Wildman–Crippen LogP) is 2.41. The summed E-state index contributed by atoms with van der Waals surface area (Å²) in [6, 6.07) is 10.3. The first-order valence-corrected chi connectivity index (χ1v) is 6.13. The van der Waals surface area contributed by atoms with Crippen LogP contribution in [0.25, 0.3) is 5.82 Å². The Morgan fingerprint density at radius 1 is 1.15 bits per heavy atom. The molecule has 3 rings (SSSR count). The summed E-state index contributed by atoms with van der Waals surface area (Å²) in [7, 11) is 0. The van der Waals surface area contributed by atoms with Crippen LogP contribution < -0.4 is 5.32 Å². The molecule has 0 amide bonds. The van der Waals surface area contributed by atoms with E-state index in [2.05, 4.69) is 20.4 Å². The van der Waals surface area contributed by atoms with Crippen LogP contribution in [0.2, 0.25) is 0 Å². The average Bonchev–Trinajstić information content (AvgIpc) is 3.00. The monoisotopic (exact) mass is 269 g/mol. The topological polar surface area (TPSA) is 55.6 Å². The maximum absolute atomic E-state index is 12.9. The van der Waals surface area contributed by atoms with E-state index in [1.54, 1.807) is 29.2 Å². The van der Waals surface area contributed by atoms with Gasteiger partial charge in [0, 0.05) is 25.1 Å². The number of nitrogens with one attached hydrogen (secondary N) is 1. The van der Waals surface area contributed by atoms with E-state index in [-0.39, 0.29) is 0 Å². The second kappa shape index (κ2) is 5.48. The van der Waals surface area contributed by atoms with Gasteiger partial charge in [-0.1, -0.05) is 12.1 Å². The Morgan fingerprint density at radius 3 is 2.80 bits per heavy atom. The lowest BCUT2D eigenvalue weighted by molar-refractivity contribution is 0.585. The first kappa shape index (κ1) is 12.3. The van der Waals surface area contributed by atoms with Crippen molar-refractivity contribution >= 4 is 5.82 Å². The van der Waals surface area contributed by atoms with E-state index in [1.165, 1.54) is 6.07 Å². The Labute approximate surface area is 115 Å². The lowest BCUT2D eigenvalue weighted by atomic mass is 10.3. The Hall–Kier alpha value is -2.76. The third kappa shape index (κ3) is 2.80. The van der Waals surface area contributed by atoms with Gasteiger partial charge in [-0.15, -0.1) is 0 Å². The summed E-state index contributed by atoms with van der Waals surface area (Å²) in [4.78, 5) is 8.05. The van der Waals surface area contributed by atoms with Crippen molar-refractivity contribution in [1.29, 1.82) is 0 Å². The van der Waals surface area contributed by atoms with Gasteiger partial charge in [0.15, 0.2) is 5.82 Å². The van der Waals surface area contributed by atoms with Crippen molar-refractivity contribution in [2.75, 3.05) is 5.32 Å². The Bertz CT molecular complexity index is 679. The molecule has 100 valence electrons. The lowest BCUT2D eigenvalue weighted by Crippen LogP contribution is -2.04. The van der Waals surface area contributed by atoms with Gasteiger partial charge in [-0.2, -0.15) is 9.49 Å². The van der Waals surface area contributed by atoms with Crippen LogP contribution in [0.3, 0.4) is 0 Å². The van der Waals surface area contributed by atoms with Crippen LogP contribution in [-0.4, -0.2) is 19.7 Å². The number of halogens is 1.